The first-order chi connectivity index (χ1) is 16.8. The molecule has 186 valence electrons. The molecule has 2 saturated heterocycles. The fourth-order valence-corrected chi connectivity index (χ4v) is 4.64. The van der Waals surface area contributed by atoms with Gasteiger partial charge in [-0.3, -0.25) is 14.5 Å². The van der Waals surface area contributed by atoms with Crippen molar-refractivity contribution in [3.63, 3.8) is 0 Å². The van der Waals surface area contributed by atoms with Gasteiger partial charge in [-0.05, 0) is 55.8 Å². The molecule has 0 spiro atoms. The molecule has 0 saturated carbocycles. The van der Waals surface area contributed by atoms with Crippen LogP contribution < -0.4 is 4.74 Å². The number of morpholine rings is 1. The highest BCUT2D eigenvalue weighted by Crippen LogP contribution is 2.41. The van der Waals surface area contributed by atoms with Crippen molar-refractivity contribution in [3.8, 4) is 5.75 Å². The standard InChI is InChI=1S/C26H28Cl2N2O5/c1-16(2)35-19-6-3-17(4-7-19)24(31)22-23(18-5-8-20(27)21(28)15-18)30(26(33)25(22)32)10-9-29-11-13-34-14-12-29/h3-8,15-16,23,31H,9-14H2,1-2H3/b24-22-. The van der Waals surface area contributed by atoms with E-state index >= 15 is 0 Å². The number of rotatable bonds is 7. The Kier molecular flexibility index (Phi) is 8.02. The van der Waals surface area contributed by atoms with Crippen molar-refractivity contribution in [2.75, 3.05) is 39.4 Å². The van der Waals surface area contributed by atoms with Crippen LogP contribution in [-0.4, -0.2) is 72.1 Å². The smallest absolute Gasteiger partial charge is 0.295 e. The van der Waals surface area contributed by atoms with Gasteiger partial charge in [0.25, 0.3) is 11.7 Å². The Bertz CT molecular complexity index is 1130. The molecule has 4 rings (SSSR count). The van der Waals surface area contributed by atoms with Crippen molar-refractivity contribution in [2.45, 2.75) is 26.0 Å². The van der Waals surface area contributed by atoms with Crippen LogP contribution in [0.3, 0.4) is 0 Å². The zero-order valence-electron chi connectivity index (χ0n) is 19.7. The second kappa shape index (κ2) is 11.0. The van der Waals surface area contributed by atoms with Crippen LogP contribution in [0, 0.1) is 0 Å². The molecule has 1 unspecified atom stereocenters. The Morgan fingerprint density at radius 3 is 2.37 bits per heavy atom. The minimum Gasteiger partial charge on any atom is -0.507 e. The number of ketones is 1. The van der Waals surface area contributed by atoms with Gasteiger partial charge < -0.3 is 19.5 Å². The van der Waals surface area contributed by atoms with Crippen molar-refractivity contribution >= 4 is 40.7 Å². The van der Waals surface area contributed by atoms with Crippen molar-refractivity contribution in [2.24, 2.45) is 0 Å². The summed E-state index contributed by atoms with van der Waals surface area (Å²) in [5.74, 6) is -0.994. The lowest BCUT2D eigenvalue weighted by Gasteiger charge is -2.31. The van der Waals surface area contributed by atoms with Gasteiger partial charge in [0, 0.05) is 31.7 Å². The topological polar surface area (TPSA) is 79.3 Å². The molecular weight excluding hydrogens is 491 g/mol. The van der Waals surface area contributed by atoms with Crippen LogP contribution in [0.2, 0.25) is 10.0 Å². The molecule has 2 fully saturated rings. The summed E-state index contributed by atoms with van der Waals surface area (Å²) in [5.41, 5.74) is 1.03. The summed E-state index contributed by atoms with van der Waals surface area (Å²) >= 11 is 12.4. The molecule has 0 bridgehead atoms. The SMILES string of the molecule is CC(C)Oc1ccc(/C(O)=C2/C(=O)C(=O)N(CCN3CCOCC3)C2c2ccc(Cl)c(Cl)c2)cc1. The van der Waals surface area contributed by atoms with Gasteiger partial charge in [-0.25, -0.2) is 0 Å². The van der Waals surface area contributed by atoms with E-state index in [1.807, 2.05) is 13.8 Å². The minimum atomic E-state index is -0.794. The molecule has 2 aliphatic rings. The van der Waals surface area contributed by atoms with Crippen LogP contribution in [0.15, 0.2) is 48.0 Å². The predicted octanol–water partition coefficient (Wildman–Crippen LogP) is 4.53. The molecule has 1 N–H and O–H groups in total. The Morgan fingerprint density at radius 2 is 1.74 bits per heavy atom. The normalized spacial score (nSPS) is 20.6. The molecule has 1 amide bonds. The number of amides is 1. The Labute approximate surface area is 214 Å². The van der Waals surface area contributed by atoms with E-state index in [9.17, 15) is 14.7 Å². The van der Waals surface area contributed by atoms with Crippen LogP contribution in [0.5, 0.6) is 5.75 Å². The zero-order chi connectivity index (χ0) is 25.1. The van der Waals surface area contributed by atoms with E-state index in [4.69, 9.17) is 32.7 Å². The van der Waals surface area contributed by atoms with Crippen molar-refractivity contribution in [1.82, 2.24) is 9.80 Å². The highest BCUT2D eigenvalue weighted by atomic mass is 35.5. The van der Waals surface area contributed by atoms with Crippen LogP contribution in [0.1, 0.15) is 31.0 Å². The number of hydrogen-bond acceptors (Lipinski definition) is 6. The number of benzene rings is 2. The maximum absolute atomic E-state index is 13.2. The van der Waals surface area contributed by atoms with Crippen molar-refractivity contribution in [3.05, 3.63) is 69.2 Å². The van der Waals surface area contributed by atoms with Crippen molar-refractivity contribution in [1.29, 1.82) is 0 Å². The molecule has 2 aromatic rings. The second-order valence-electron chi connectivity index (χ2n) is 8.81. The molecule has 0 aliphatic carbocycles. The van der Waals surface area contributed by atoms with Gasteiger partial charge in [0.15, 0.2) is 0 Å². The number of hydrogen-bond donors (Lipinski definition) is 1. The lowest BCUT2D eigenvalue weighted by Crippen LogP contribution is -2.42. The van der Waals surface area contributed by atoms with Crippen molar-refractivity contribution < 1.29 is 24.2 Å². The molecule has 2 heterocycles. The van der Waals surface area contributed by atoms with E-state index in [0.29, 0.717) is 53.2 Å². The van der Waals surface area contributed by atoms with E-state index in [1.165, 1.54) is 4.90 Å². The molecule has 2 aromatic carbocycles. The number of Topliss-reactive ketones (excluding diaryl/α,β-unsaturated/α-hetero) is 1. The van der Waals surface area contributed by atoms with E-state index in [0.717, 1.165) is 13.1 Å². The van der Waals surface area contributed by atoms with Crippen LogP contribution in [-0.2, 0) is 14.3 Å². The van der Waals surface area contributed by atoms with E-state index < -0.39 is 17.7 Å². The van der Waals surface area contributed by atoms with Gasteiger partial charge in [0.05, 0.1) is 41.0 Å². The molecule has 7 nitrogen and oxygen atoms in total. The summed E-state index contributed by atoms with van der Waals surface area (Å²) in [5, 5.41) is 11.9. The van der Waals surface area contributed by atoms with Gasteiger partial charge in [0.1, 0.15) is 11.5 Å². The van der Waals surface area contributed by atoms with Crippen LogP contribution >= 0.6 is 23.2 Å². The number of halogens is 2. The van der Waals surface area contributed by atoms with Gasteiger partial charge in [-0.15, -0.1) is 0 Å². The number of carbonyl (C=O) groups is 2. The number of aliphatic hydroxyl groups is 1. The molecular formula is C26H28Cl2N2O5. The monoisotopic (exact) mass is 518 g/mol. The number of carbonyl (C=O) groups excluding carboxylic acids is 2. The lowest BCUT2D eigenvalue weighted by molar-refractivity contribution is -0.140. The predicted molar refractivity (Wildman–Crippen MR) is 135 cm³/mol. The average Bonchev–Trinajstić information content (AvgIpc) is 3.09. The molecule has 1 atom stereocenters. The number of nitrogens with zero attached hydrogens (tertiary/aromatic N) is 2. The quantitative estimate of drug-likeness (QED) is 0.329. The fourth-order valence-electron chi connectivity index (χ4n) is 4.33. The zero-order valence-corrected chi connectivity index (χ0v) is 21.2. The lowest BCUT2D eigenvalue weighted by atomic mass is 9.95. The highest BCUT2D eigenvalue weighted by Gasteiger charge is 2.46. The first kappa shape index (κ1) is 25.5. The fraction of sp³-hybridized carbons (Fsp3) is 0.385. The first-order valence-corrected chi connectivity index (χ1v) is 12.3. The molecule has 9 heteroatoms. The number of aliphatic hydroxyl groups excluding tert-OH is 1. The first-order valence-electron chi connectivity index (χ1n) is 11.6. The third kappa shape index (κ3) is 5.64. The van der Waals surface area contributed by atoms with Gasteiger partial charge in [0.2, 0.25) is 0 Å². The Morgan fingerprint density at radius 1 is 1.06 bits per heavy atom. The van der Waals surface area contributed by atoms with Gasteiger partial charge >= 0.3 is 0 Å². The maximum Gasteiger partial charge on any atom is 0.295 e. The van der Waals surface area contributed by atoms with E-state index in [2.05, 4.69) is 4.90 Å². The van der Waals surface area contributed by atoms with E-state index in [-0.39, 0.29) is 17.4 Å². The van der Waals surface area contributed by atoms with Gasteiger partial charge in [-0.1, -0.05) is 29.3 Å². The molecule has 0 aromatic heterocycles. The summed E-state index contributed by atoms with van der Waals surface area (Å²) in [6.45, 7) is 7.51. The summed E-state index contributed by atoms with van der Waals surface area (Å²) in [6, 6.07) is 11.0. The summed E-state index contributed by atoms with van der Waals surface area (Å²) in [4.78, 5) is 30.0. The Hall–Kier alpha value is -2.58. The summed E-state index contributed by atoms with van der Waals surface area (Å²) < 4.78 is 11.1. The molecule has 35 heavy (non-hydrogen) atoms. The number of ether oxygens (including phenoxy) is 2. The van der Waals surface area contributed by atoms with Crippen LogP contribution in [0.4, 0.5) is 0 Å². The summed E-state index contributed by atoms with van der Waals surface area (Å²) in [7, 11) is 0. The third-order valence-electron chi connectivity index (χ3n) is 6.06. The molecule has 0 radical (unpaired) electrons. The van der Waals surface area contributed by atoms with Crippen LogP contribution in [0.25, 0.3) is 5.76 Å². The van der Waals surface area contributed by atoms with Gasteiger partial charge in [-0.2, -0.15) is 0 Å². The maximum atomic E-state index is 13.2. The summed E-state index contributed by atoms with van der Waals surface area (Å²) in [6.07, 6.45) is 0.000825. The second-order valence-corrected chi connectivity index (χ2v) is 9.63. The number of likely N-dealkylation sites (tertiary alicyclic amines) is 1. The Balaban J connectivity index is 1.72. The molecule has 2 aliphatic heterocycles. The third-order valence-corrected chi connectivity index (χ3v) is 6.80. The average molecular weight is 519 g/mol. The van der Waals surface area contributed by atoms with E-state index in [1.54, 1.807) is 42.5 Å². The largest absolute Gasteiger partial charge is 0.507 e. The highest BCUT2D eigenvalue weighted by molar-refractivity contribution is 6.46. The minimum absolute atomic E-state index is 0.000825.